The van der Waals surface area contributed by atoms with Crippen LogP contribution in [0.5, 0.6) is 5.75 Å². The van der Waals surface area contributed by atoms with Crippen molar-refractivity contribution in [3.05, 3.63) is 107 Å². The van der Waals surface area contributed by atoms with E-state index in [4.69, 9.17) is 18.7 Å². The zero-order valence-electron chi connectivity index (χ0n) is 20.0. The van der Waals surface area contributed by atoms with Crippen molar-refractivity contribution in [3.63, 3.8) is 0 Å². The molecule has 0 spiro atoms. The van der Waals surface area contributed by atoms with Crippen LogP contribution in [-0.2, 0) is 0 Å². The summed E-state index contributed by atoms with van der Waals surface area (Å²) in [7, 11) is 1.58. The first-order chi connectivity index (χ1) is 18.5. The molecule has 1 N–H and O–H groups in total. The normalized spacial score (nSPS) is 11.5. The van der Waals surface area contributed by atoms with E-state index < -0.39 is 5.97 Å². The third kappa shape index (κ3) is 4.01. The molecule has 6 aromatic rings. The average Bonchev–Trinajstić information content (AvgIpc) is 3.60. The number of rotatable bonds is 6. The van der Waals surface area contributed by atoms with Gasteiger partial charge in [0.05, 0.1) is 35.2 Å². The predicted octanol–water partition coefficient (Wildman–Crippen LogP) is 5.66. The minimum absolute atomic E-state index is 0.181. The molecule has 0 atom stereocenters. The second-order valence-electron chi connectivity index (χ2n) is 8.38. The van der Waals surface area contributed by atoms with Crippen LogP contribution in [-0.4, -0.2) is 34.1 Å². The van der Waals surface area contributed by atoms with Crippen molar-refractivity contribution < 1.29 is 23.5 Å². The summed E-state index contributed by atoms with van der Waals surface area (Å²) >= 11 is 0. The number of furan rings is 2. The molecule has 0 amide bonds. The van der Waals surface area contributed by atoms with Gasteiger partial charge in [0.15, 0.2) is 5.76 Å². The number of aromatic carboxylic acids is 1. The monoisotopic (exact) mass is 505 g/mol. The van der Waals surface area contributed by atoms with Crippen molar-refractivity contribution in [2.24, 2.45) is 5.10 Å². The number of hydrogen-bond donors (Lipinski definition) is 1. The molecular weight excluding hydrogens is 486 g/mol. The molecule has 0 bridgehead atoms. The first-order valence-corrected chi connectivity index (χ1v) is 11.6. The predicted molar refractivity (Wildman–Crippen MR) is 142 cm³/mol. The van der Waals surface area contributed by atoms with E-state index in [1.807, 2.05) is 18.2 Å². The van der Waals surface area contributed by atoms with E-state index in [0.717, 1.165) is 5.39 Å². The smallest absolute Gasteiger partial charge is 0.335 e. The number of ether oxygens (including phenoxy) is 1. The van der Waals surface area contributed by atoms with Crippen LogP contribution in [0.1, 0.15) is 16.1 Å². The Balaban J connectivity index is 1.43. The summed E-state index contributed by atoms with van der Waals surface area (Å²) in [5, 5.41) is 14.7. The lowest BCUT2D eigenvalue weighted by molar-refractivity contribution is 0.0697. The second kappa shape index (κ2) is 9.21. The maximum absolute atomic E-state index is 13.5. The number of carbonyl (C=O) groups is 1. The molecule has 3 aromatic heterocycles. The number of nitrogens with zero attached hydrogens (tertiary/aromatic N) is 3. The Labute approximate surface area is 214 Å². The van der Waals surface area contributed by atoms with E-state index in [0.29, 0.717) is 45.1 Å². The van der Waals surface area contributed by atoms with Crippen LogP contribution in [0, 0.1) is 0 Å². The minimum Gasteiger partial charge on any atom is -0.496 e. The van der Waals surface area contributed by atoms with Gasteiger partial charge in [-0.25, -0.2) is 9.78 Å². The third-order valence-electron chi connectivity index (χ3n) is 6.06. The molecule has 0 aliphatic carbocycles. The van der Waals surface area contributed by atoms with E-state index in [1.165, 1.54) is 23.0 Å². The highest BCUT2D eigenvalue weighted by Crippen LogP contribution is 2.33. The van der Waals surface area contributed by atoms with Gasteiger partial charge in [0, 0.05) is 5.56 Å². The van der Waals surface area contributed by atoms with Gasteiger partial charge in [0.1, 0.15) is 22.9 Å². The van der Waals surface area contributed by atoms with Crippen molar-refractivity contribution >= 4 is 34.1 Å². The Bertz CT molecular complexity index is 1910. The van der Waals surface area contributed by atoms with Gasteiger partial charge in [0.25, 0.3) is 5.56 Å². The fraction of sp³-hybridized carbons (Fsp3) is 0.0345. The standard InChI is InChI=1S/C29H19N3O6/c1-36-24-7-4-8-25-21(24)15-26(38-25)27-31-22-6-3-2-5-20(22)28(33)32(27)30-16-19-13-14-23(37-19)17-9-11-18(12-10-17)29(34)35/h2-16H,1H3,(H,34,35). The van der Waals surface area contributed by atoms with Gasteiger partial charge in [-0.2, -0.15) is 9.78 Å². The zero-order valence-corrected chi connectivity index (χ0v) is 20.0. The summed E-state index contributed by atoms with van der Waals surface area (Å²) in [4.78, 5) is 29.2. The highest BCUT2D eigenvalue weighted by molar-refractivity contribution is 5.89. The summed E-state index contributed by atoms with van der Waals surface area (Å²) in [6, 6.07) is 24.0. The molecular formula is C29H19N3O6. The highest BCUT2D eigenvalue weighted by Gasteiger charge is 2.18. The van der Waals surface area contributed by atoms with Crippen LogP contribution in [0.25, 0.3) is 44.8 Å². The molecule has 0 unspecified atom stereocenters. The quantitative estimate of drug-likeness (QED) is 0.290. The highest BCUT2D eigenvalue weighted by atomic mass is 16.5. The Kier molecular flexibility index (Phi) is 5.57. The van der Waals surface area contributed by atoms with Crippen molar-refractivity contribution in [1.29, 1.82) is 0 Å². The molecule has 9 heteroatoms. The lowest BCUT2D eigenvalue weighted by atomic mass is 10.1. The molecule has 6 rings (SSSR count). The van der Waals surface area contributed by atoms with Crippen LogP contribution in [0.2, 0.25) is 0 Å². The van der Waals surface area contributed by atoms with E-state index >= 15 is 0 Å². The summed E-state index contributed by atoms with van der Waals surface area (Å²) in [6.45, 7) is 0. The maximum atomic E-state index is 13.5. The lowest BCUT2D eigenvalue weighted by Crippen LogP contribution is -2.20. The Morgan fingerprint density at radius 2 is 1.76 bits per heavy atom. The van der Waals surface area contributed by atoms with Crippen molar-refractivity contribution in [2.45, 2.75) is 0 Å². The Morgan fingerprint density at radius 1 is 0.947 bits per heavy atom. The summed E-state index contributed by atoms with van der Waals surface area (Å²) in [6.07, 6.45) is 1.42. The van der Waals surface area contributed by atoms with Gasteiger partial charge in [0.2, 0.25) is 5.82 Å². The van der Waals surface area contributed by atoms with Crippen LogP contribution < -0.4 is 10.3 Å². The lowest BCUT2D eigenvalue weighted by Gasteiger charge is -2.06. The van der Waals surface area contributed by atoms with E-state index in [9.17, 15) is 9.59 Å². The van der Waals surface area contributed by atoms with Gasteiger partial charge < -0.3 is 18.7 Å². The third-order valence-corrected chi connectivity index (χ3v) is 6.06. The minimum atomic E-state index is -1.00. The number of methoxy groups -OCH3 is 1. The number of carboxylic acids is 1. The zero-order chi connectivity index (χ0) is 26.2. The molecule has 0 aliphatic heterocycles. The molecule has 0 saturated heterocycles. The summed E-state index contributed by atoms with van der Waals surface area (Å²) in [5.41, 5.74) is 1.61. The average molecular weight is 505 g/mol. The Hall–Kier alpha value is -5.44. The first-order valence-electron chi connectivity index (χ1n) is 11.6. The first kappa shape index (κ1) is 23.0. The van der Waals surface area contributed by atoms with Crippen LogP contribution in [0.3, 0.4) is 0 Å². The number of fused-ring (bicyclic) bond motifs is 2. The van der Waals surface area contributed by atoms with E-state index in [2.05, 4.69) is 10.1 Å². The molecule has 9 nitrogen and oxygen atoms in total. The summed E-state index contributed by atoms with van der Waals surface area (Å²) in [5.74, 6) is 1.12. The molecule has 186 valence electrons. The van der Waals surface area contributed by atoms with Crippen molar-refractivity contribution in [1.82, 2.24) is 9.66 Å². The topological polar surface area (TPSA) is 120 Å². The number of hydrogen-bond acceptors (Lipinski definition) is 7. The molecule has 0 radical (unpaired) electrons. The maximum Gasteiger partial charge on any atom is 0.335 e. The number of carboxylic acid groups (broad SMARTS) is 1. The summed E-state index contributed by atoms with van der Waals surface area (Å²) < 4.78 is 18.5. The second-order valence-corrected chi connectivity index (χ2v) is 8.38. The molecule has 0 fully saturated rings. The Morgan fingerprint density at radius 3 is 2.55 bits per heavy atom. The van der Waals surface area contributed by atoms with Crippen molar-refractivity contribution in [2.75, 3.05) is 7.11 Å². The van der Waals surface area contributed by atoms with Gasteiger partial charge in [-0.05, 0) is 54.6 Å². The van der Waals surface area contributed by atoms with Crippen LogP contribution in [0.4, 0.5) is 0 Å². The number of aromatic nitrogens is 2. The van der Waals surface area contributed by atoms with Gasteiger partial charge in [-0.1, -0.05) is 30.3 Å². The fourth-order valence-corrected chi connectivity index (χ4v) is 4.18. The van der Waals surface area contributed by atoms with Gasteiger partial charge >= 0.3 is 5.97 Å². The van der Waals surface area contributed by atoms with Gasteiger partial charge in [-0.3, -0.25) is 4.79 Å². The molecule has 0 saturated carbocycles. The van der Waals surface area contributed by atoms with Crippen LogP contribution >= 0.6 is 0 Å². The number of benzene rings is 3. The fourth-order valence-electron chi connectivity index (χ4n) is 4.18. The molecule has 0 aliphatic rings. The molecule has 3 heterocycles. The van der Waals surface area contributed by atoms with Crippen LogP contribution in [0.15, 0.2) is 104 Å². The van der Waals surface area contributed by atoms with E-state index in [-0.39, 0.29) is 16.9 Å². The van der Waals surface area contributed by atoms with Crippen molar-refractivity contribution in [3.8, 4) is 28.7 Å². The van der Waals surface area contributed by atoms with Gasteiger partial charge in [-0.15, -0.1) is 0 Å². The largest absolute Gasteiger partial charge is 0.496 e. The SMILES string of the molecule is COc1cccc2oc(-c3nc4ccccc4c(=O)n3N=Cc3ccc(-c4ccc(C(=O)O)cc4)o3)cc12. The molecule has 38 heavy (non-hydrogen) atoms. The van der Waals surface area contributed by atoms with E-state index in [1.54, 1.807) is 61.7 Å². The number of para-hydroxylation sites is 1. The molecule has 3 aromatic carbocycles.